The number of aromatic nitrogens is 2. The summed E-state index contributed by atoms with van der Waals surface area (Å²) in [6.07, 6.45) is -5.97. The second-order valence-electron chi connectivity index (χ2n) is 9.68. The average molecular weight is 549 g/mol. The minimum absolute atomic E-state index is 0.204. The Bertz CT molecular complexity index is 1250. The molecule has 0 fully saturated rings. The lowest BCUT2D eigenvalue weighted by molar-refractivity contribution is -0.162. The number of hydrogen-bond acceptors (Lipinski definition) is 6. The van der Waals surface area contributed by atoms with E-state index in [1.54, 1.807) is 20.8 Å². The second kappa shape index (κ2) is 10.7. The maximum Gasteiger partial charge on any atom is 0.449 e. The number of hydrogen-bond donors (Lipinski definition) is 0. The van der Waals surface area contributed by atoms with Crippen LogP contribution in [0.4, 0.5) is 26.3 Å². The molecule has 0 bridgehead atoms. The van der Waals surface area contributed by atoms with Crippen molar-refractivity contribution in [2.24, 2.45) is 5.92 Å². The molecule has 208 valence electrons. The molecule has 14 heteroatoms. The van der Waals surface area contributed by atoms with Crippen LogP contribution in [0, 0.1) is 23.4 Å². The van der Waals surface area contributed by atoms with E-state index in [1.165, 1.54) is 0 Å². The van der Waals surface area contributed by atoms with E-state index in [0.29, 0.717) is 12.1 Å². The van der Waals surface area contributed by atoms with Crippen LogP contribution in [0.5, 0.6) is 0 Å². The molecule has 0 aliphatic carbocycles. The number of ether oxygens (including phenoxy) is 2. The van der Waals surface area contributed by atoms with Gasteiger partial charge in [-0.1, -0.05) is 0 Å². The molecule has 0 radical (unpaired) electrons. The largest absolute Gasteiger partial charge is 0.464 e. The number of imidazole rings is 1. The molecule has 3 rings (SSSR count). The number of benzene rings is 1. The Labute approximate surface area is 213 Å². The lowest BCUT2D eigenvalue weighted by Gasteiger charge is -2.31. The fourth-order valence-corrected chi connectivity index (χ4v) is 4.01. The highest BCUT2D eigenvalue weighted by molar-refractivity contribution is 5.89. The van der Waals surface area contributed by atoms with Crippen LogP contribution in [0.15, 0.2) is 12.1 Å². The summed E-state index contributed by atoms with van der Waals surface area (Å²) < 4.78 is 92.4. The molecule has 1 aromatic heterocycles. The molecule has 1 atom stereocenters. The molecule has 0 saturated carbocycles. The number of rotatable bonds is 6. The van der Waals surface area contributed by atoms with Gasteiger partial charge in [-0.2, -0.15) is 13.2 Å². The smallest absolute Gasteiger partial charge is 0.449 e. The highest BCUT2D eigenvalue weighted by Crippen LogP contribution is 2.33. The molecule has 1 unspecified atom stereocenters. The van der Waals surface area contributed by atoms with Gasteiger partial charge in [0.15, 0.2) is 17.3 Å². The monoisotopic (exact) mass is 549 g/mol. The van der Waals surface area contributed by atoms with Crippen LogP contribution < -0.4 is 0 Å². The number of alkyl halides is 3. The van der Waals surface area contributed by atoms with Gasteiger partial charge in [0.05, 0.1) is 25.3 Å². The topological polar surface area (TPSA) is 90.7 Å². The molecule has 2 heterocycles. The van der Waals surface area contributed by atoms with E-state index in [1.807, 2.05) is 0 Å². The highest BCUT2D eigenvalue weighted by Gasteiger charge is 2.42. The van der Waals surface area contributed by atoms with E-state index in [-0.39, 0.29) is 24.3 Å². The first-order valence-corrected chi connectivity index (χ1v) is 11.4. The predicted molar refractivity (Wildman–Crippen MR) is 118 cm³/mol. The first kappa shape index (κ1) is 29.0. The Morgan fingerprint density at radius 3 is 2.24 bits per heavy atom. The van der Waals surface area contributed by atoms with Gasteiger partial charge in [0, 0.05) is 25.6 Å². The third-order valence-corrected chi connectivity index (χ3v) is 5.71. The van der Waals surface area contributed by atoms with E-state index in [0.717, 1.165) is 16.6 Å². The normalized spacial score (nSPS) is 14.6. The minimum Gasteiger partial charge on any atom is -0.464 e. The Hall–Kier alpha value is -3.58. The third-order valence-electron chi connectivity index (χ3n) is 5.71. The fraction of sp³-hybridized carbons (Fsp3) is 0.500. The second-order valence-corrected chi connectivity index (χ2v) is 9.68. The van der Waals surface area contributed by atoms with Crippen molar-refractivity contribution in [2.45, 2.75) is 58.5 Å². The van der Waals surface area contributed by atoms with Crippen molar-refractivity contribution in [3.8, 4) is 0 Å². The lowest BCUT2D eigenvalue weighted by atomic mass is 9.94. The van der Waals surface area contributed by atoms with Crippen molar-refractivity contribution >= 4 is 17.8 Å². The van der Waals surface area contributed by atoms with E-state index < -0.39 is 83.9 Å². The summed E-state index contributed by atoms with van der Waals surface area (Å²) in [4.78, 5) is 42.6. The zero-order valence-electron chi connectivity index (χ0n) is 20.9. The van der Waals surface area contributed by atoms with Crippen molar-refractivity contribution in [2.75, 3.05) is 13.7 Å². The first-order chi connectivity index (χ1) is 17.5. The van der Waals surface area contributed by atoms with Crippen LogP contribution in [0.25, 0.3) is 0 Å². The van der Waals surface area contributed by atoms with Crippen LogP contribution in [-0.4, -0.2) is 51.6 Å². The van der Waals surface area contributed by atoms with Gasteiger partial charge in [-0.05, 0) is 38.8 Å². The Kier molecular flexibility index (Phi) is 8.13. The van der Waals surface area contributed by atoms with Crippen LogP contribution in [0.2, 0.25) is 0 Å². The summed E-state index contributed by atoms with van der Waals surface area (Å²) in [6, 6.07) is 0.893. The quantitative estimate of drug-likeness (QED) is 0.307. The predicted octanol–water partition coefficient (Wildman–Crippen LogP) is 4.04. The number of fused-ring (bicyclic) bond motifs is 1. The molecule has 1 aliphatic rings. The van der Waals surface area contributed by atoms with Gasteiger partial charge >= 0.3 is 18.1 Å². The van der Waals surface area contributed by atoms with Crippen molar-refractivity contribution < 1.29 is 50.2 Å². The standard InChI is InChI=1S/C24H25F6N3O5/c1-23(2,3)38-20(35)13(7-12-8-15(26)16(27)10-14(12)25)9-18(34)32-5-6-33-17(11-32)19(21(36)37-4)31-22(33)24(28,29)30/h8,10,13H,5-7,9,11H2,1-4H3. The molecule has 0 N–H and O–H groups in total. The Morgan fingerprint density at radius 2 is 1.66 bits per heavy atom. The van der Waals surface area contributed by atoms with Crippen LogP contribution in [0.3, 0.4) is 0 Å². The number of methoxy groups -OCH3 is 1. The van der Waals surface area contributed by atoms with Crippen molar-refractivity contribution in [1.82, 2.24) is 14.5 Å². The van der Waals surface area contributed by atoms with Gasteiger partial charge in [-0.3, -0.25) is 9.59 Å². The molecule has 38 heavy (non-hydrogen) atoms. The average Bonchev–Trinajstić information content (AvgIpc) is 3.19. The maximum absolute atomic E-state index is 14.3. The number of carbonyl (C=O) groups excluding carboxylic acids is 3. The SMILES string of the molecule is COC(=O)c1nc(C(F)(F)F)n2c1CN(C(=O)CC(Cc1cc(F)c(F)cc1F)C(=O)OC(C)(C)C)CC2. The van der Waals surface area contributed by atoms with E-state index >= 15 is 0 Å². The molecular formula is C24H25F6N3O5. The summed E-state index contributed by atoms with van der Waals surface area (Å²) in [5, 5.41) is 0. The molecule has 2 aromatic rings. The summed E-state index contributed by atoms with van der Waals surface area (Å²) in [5.41, 5.74) is -2.17. The fourth-order valence-electron chi connectivity index (χ4n) is 4.01. The lowest BCUT2D eigenvalue weighted by Crippen LogP contribution is -2.41. The van der Waals surface area contributed by atoms with Gasteiger partial charge in [-0.25, -0.2) is 22.9 Å². The van der Waals surface area contributed by atoms with Crippen LogP contribution in [-0.2, 0) is 44.7 Å². The molecule has 1 aliphatic heterocycles. The van der Waals surface area contributed by atoms with Crippen LogP contribution in [0.1, 0.15) is 54.8 Å². The van der Waals surface area contributed by atoms with E-state index in [2.05, 4.69) is 9.72 Å². The van der Waals surface area contributed by atoms with Crippen molar-refractivity contribution in [1.29, 1.82) is 0 Å². The highest BCUT2D eigenvalue weighted by atomic mass is 19.4. The summed E-state index contributed by atoms with van der Waals surface area (Å²) in [6.45, 7) is 3.65. The zero-order chi connectivity index (χ0) is 28.6. The van der Waals surface area contributed by atoms with Crippen LogP contribution >= 0.6 is 0 Å². The molecule has 1 amide bonds. The van der Waals surface area contributed by atoms with Gasteiger partial charge in [0.25, 0.3) is 0 Å². The molecular weight excluding hydrogens is 524 g/mol. The van der Waals surface area contributed by atoms with Crippen molar-refractivity contribution in [3.05, 3.63) is 52.4 Å². The zero-order valence-corrected chi connectivity index (χ0v) is 20.9. The summed E-state index contributed by atoms with van der Waals surface area (Å²) >= 11 is 0. The van der Waals surface area contributed by atoms with Gasteiger partial charge in [-0.15, -0.1) is 0 Å². The first-order valence-electron chi connectivity index (χ1n) is 11.4. The number of esters is 2. The number of carbonyl (C=O) groups is 3. The van der Waals surface area contributed by atoms with E-state index in [4.69, 9.17) is 4.74 Å². The Morgan fingerprint density at radius 1 is 1.03 bits per heavy atom. The molecule has 8 nitrogen and oxygen atoms in total. The van der Waals surface area contributed by atoms with Crippen molar-refractivity contribution in [3.63, 3.8) is 0 Å². The minimum atomic E-state index is -4.87. The maximum atomic E-state index is 14.3. The molecule has 1 aromatic carbocycles. The van der Waals surface area contributed by atoms with Gasteiger partial charge in [0.2, 0.25) is 11.7 Å². The number of amides is 1. The number of halogens is 6. The summed E-state index contributed by atoms with van der Waals surface area (Å²) in [5.74, 6) is -9.32. The number of nitrogens with zero attached hydrogens (tertiary/aromatic N) is 3. The summed E-state index contributed by atoms with van der Waals surface area (Å²) in [7, 11) is 0.968. The molecule has 0 spiro atoms. The van der Waals surface area contributed by atoms with Gasteiger partial charge < -0.3 is 18.9 Å². The van der Waals surface area contributed by atoms with Gasteiger partial charge in [0.1, 0.15) is 11.4 Å². The third kappa shape index (κ3) is 6.45. The molecule has 0 saturated heterocycles. The Balaban J connectivity index is 1.89. The van der Waals surface area contributed by atoms with E-state index in [9.17, 15) is 40.7 Å².